The number of ether oxygens (including phenoxy) is 1. The quantitative estimate of drug-likeness (QED) is 0.762. The fourth-order valence-corrected chi connectivity index (χ4v) is 2.40. The van der Waals surface area contributed by atoms with Crippen molar-refractivity contribution >= 4 is 23.6 Å². The Morgan fingerprint density at radius 1 is 1.69 bits per heavy atom. The van der Waals surface area contributed by atoms with Gasteiger partial charge in [-0.15, -0.1) is 0 Å². The lowest BCUT2D eigenvalue weighted by Gasteiger charge is -2.18. The van der Waals surface area contributed by atoms with E-state index in [0.29, 0.717) is 13.0 Å². The zero-order valence-electron chi connectivity index (χ0n) is 9.69. The lowest BCUT2D eigenvalue weighted by Crippen LogP contribution is -2.39. The Morgan fingerprint density at radius 3 is 3.06 bits per heavy atom. The zero-order chi connectivity index (χ0) is 12.0. The SMILES string of the molecule is CCSC1COCN(CC(=O)NC)C(=O)C1. The third kappa shape index (κ3) is 4.02. The van der Waals surface area contributed by atoms with Crippen LogP contribution in [0.25, 0.3) is 0 Å². The monoisotopic (exact) mass is 246 g/mol. The maximum Gasteiger partial charge on any atom is 0.239 e. The van der Waals surface area contributed by atoms with E-state index in [1.54, 1.807) is 18.8 Å². The summed E-state index contributed by atoms with van der Waals surface area (Å²) in [4.78, 5) is 24.4. The van der Waals surface area contributed by atoms with Gasteiger partial charge in [0.15, 0.2) is 0 Å². The predicted octanol–water partition coefficient (Wildman–Crippen LogP) is 0.0605. The van der Waals surface area contributed by atoms with Crippen LogP contribution in [0.3, 0.4) is 0 Å². The van der Waals surface area contributed by atoms with Crippen molar-refractivity contribution in [2.24, 2.45) is 0 Å². The minimum Gasteiger partial charge on any atom is -0.360 e. The summed E-state index contributed by atoms with van der Waals surface area (Å²) in [5.41, 5.74) is 0. The molecule has 1 aliphatic heterocycles. The Morgan fingerprint density at radius 2 is 2.44 bits per heavy atom. The molecule has 1 aliphatic rings. The number of hydrogen-bond donors (Lipinski definition) is 1. The Kier molecular flexibility index (Phi) is 5.62. The molecule has 5 nitrogen and oxygen atoms in total. The maximum absolute atomic E-state index is 11.8. The van der Waals surface area contributed by atoms with Gasteiger partial charge in [0.25, 0.3) is 0 Å². The van der Waals surface area contributed by atoms with Crippen LogP contribution in [-0.4, -0.2) is 54.6 Å². The van der Waals surface area contributed by atoms with Crippen molar-refractivity contribution in [3.63, 3.8) is 0 Å². The first kappa shape index (κ1) is 13.3. The minimum absolute atomic E-state index is 0.00736. The number of rotatable bonds is 4. The fourth-order valence-electron chi connectivity index (χ4n) is 1.48. The Hall–Kier alpha value is -0.750. The van der Waals surface area contributed by atoms with Crippen LogP contribution in [0.15, 0.2) is 0 Å². The minimum atomic E-state index is -0.168. The van der Waals surface area contributed by atoms with Gasteiger partial charge in [-0.05, 0) is 5.75 Å². The number of carbonyl (C=O) groups is 2. The van der Waals surface area contributed by atoms with Gasteiger partial charge >= 0.3 is 0 Å². The third-order valence-electron chi connectivity index (χ3n) is 2.32. The number of likely N-dealkylation sites (N-methyl/N-ethyl adjacent to an activating group) is 1. The summed E-state index contributed by atoms with van der Waals surface area (Å²) < 4.78 is 5.39. The van der Waals surface area contributed by atoms with Crippen molar-refractivity contribution in [3.05, 3.63) is 0 Å². The highest BCUT2D eigenvalue weighted by atomic mass is 32.2. The highest BCUT2D eigenvalue weighted by Crippen LogP contribution is 2.18. The van der Waals surface area contributed by atoms with Gasteiger partial charge in [0.05, 0.1) is 6.61 Å². The molecule has 1 saturated heterocycles. The molecule has 0 aromatic heterocycles. The van der Waals surface area contributed by atoms with Gasteiger partial charge in [-0.1, -0.05) is 6.92 Å². The Bertz CT molecular complexity index is 260. The van der Waals surface area contributed by atoms with E-state index in [-0.39, 0.29) is 30.3 Å². The van der Waals surface area contributed by atoms with E-state index in [1.165, 1.54) is 4.90 Å². The first-order valence-corrected chi connectivity index (χ1v) is 6.40. The van der Waals surface area contributed by atoms with Crippen LogP contribution in [-0.2, 0) is 14.3 Å². The molecule has 1 atom stereocenters. The predicted molar refractivity (Wildman–Crippen MR) is 63.1 cm³/mol. The number of carbonyl (C=O) groups excluding carboxylic acids is 2. The molecule has 0 bridgehead atoms. The van der Waals surface area contributed by atoms with E-state index in [0.717, 1.165) is 5.75 Å². The summed E-state index contributed by atoms with van der Waals surface area (Å²) in [6.45, 7) is 2.93. The summed E-state index contributed by atoms with van der Waals surface area (Å²) >= 11 is 1.72. The molecule has 1 heterocycles. The highest BCUT2D eigenvalue weighted by molar-refractivity contribution is 7.99. The van der Waals surface area contributed by atoms with Crippen LogP contribution in [0.4, 0.5) is 0 Å². The molecule has 6 heteroatoms. The van der Waals surface area contributed by atoms with Crippen LogP contribution < -0.4 is 5.32 Å². The van der Waals surface area contributed by atoms with Gasteiger partial charge in [-0.2, -0.15) is 11.8 Å². The molecule has 0 aromatic carbocycles. The Balaban J connectivity index is 2.49. The van der Waals surface area contributed by atoms with Crippen LogP contribution >= 0.6 is 11.8 Å². The second kappa shape index (κ2) is 6.75. The van der Waals surface area contributed by atoms with Crippen LogP contribution in [0, 0.1) is 0 Å². The van der Waals surface area contributed by atoms with Gasteiger partial charge < -0.3 is 15.0 Å². The van der Waals surface area contributed by atoms with Crippen LogP contribution in [0.1, 0.15) is 13.3 Å². The van der Waals surface area contributed by atoms with Crippen molar-refractivity contribution in [1.29, 1.82) is 0 Å². The summed E-state index contributed by atoms with van der Waals surface area (Å²) in [5, 5.41) is 2.71. The molecule has 0 aromatic rings. The van der Waals surface area contributed by atoms with Gasteiger partial charge in [0, 0.05) is 18.7 Å². The van der Waals surface area contributed by atoms with Crippen molar-refractivity contribution in [2.75, 3.05) is 32.7 Å². The number of thioether (sulfide) groups is 1. The van der Waals surface area contributed by atoms with Gasteiger partial charge in [-0.3, -0.25) is 9.59 Å². The molecule has 0 spiro atoms. The first-order chi connectivity index (χ1) is 7.67. The van der Waals surface area contributed by atoms with Crippen molar-refractivity contribution in [3.8, 4) is 0 Å². The second-order valence-electron chi connectivity index (χ2n) is 3.55. The van der Waals surface area contributed by atoms with Crippen LogP contribution in [0.5, 0.6) is 0 Å². The molecule has 2 amide bonds. The molecule has 0 radical (unpaired) electrons. The number of nitrogens with zero attached hydrogens (tertiary/aromatic N) is 1. The smallest absolute Gasteiger partial charge is 0.239 e. The molecule has 1 N–H and O–H groups in total. The average Bonchev–Trinajstić information content (AvgIpc) is 2.42. The highest BCUT2D eigenvalue weighted by Gasteiger charge is 2.24. The van der Waals surface area contributed by atoms with Crippen molar-refractivity contribution < 1.29 is 14.3 Å². The van der Waals surface area contributed by atoms with E-state index in [2.05, 4.69) is 12.2 Å². The topological polar surface area (TPSA) is 58.6 Å². The lowest BCUT2D eigenvalue weighted by molar-refractivity contribution is -0.138. The number of amides is 2. The van der Waals surface area contributed by atoms with Crippen molar-refractivity contribution in [1.82, 2.24) is 10.2 Å². The fraction of sp³-hybridized carbons (Fsp3) is 0.800. The first-order valence-electron chi connectivity index (χ1n) is 5.35. The lowest BCUT2D eigenvalue weighted by atomic mass is 10.3. The van der Waals surface area contributed by atoms with Gasteiger partial charge in [0.2, 0.25) is 11.8 Å². The third-order valence-corrected chi connectivity index (χ3v) is 3.43. The van der Waals surface area contributed by atoms with E-state index in [4.69, 9.17) is 4.74 Å². The van der Waals surface area contributed by atoms with Gasteiger partial charge in [0.1, 0.15) is 13.3 Å². The molecule has 0 saturated carbocycles. The number of nitrogens with one attached hydrogen (secondary N) is 1. The van der Waals surface area contributed by atoms with E-state index >= 15 is 0 Å². The zero-order valence-corrected chi connectivity index (χ0v) is 10.5. The number of hydrogen-bond acceptors (Lipinski definition) is 4. The van der Waals surface area contributed by atoms with E-state index < -0.39 is 0 Å². The normalized spacial score (nSPS) is 21.8. The second-order valence-corrected chi connectivity index (χ2v) is 5.12. The largest absolute Gasteiger partial charge is 0.360 e. The molecule has 1 rings (SSSR count). The van der Waals surface area contributed by atoms with E-state index in [1.807, 2.05) is 0 Å². The van der Waals surface area contributed by atoms with Crippen molar-refractivity contribution in [2.45, 2.75) is 18.6 Å². The molecular weight excluding hydrogens is 228 g/mol. The molecule has 92 valence electrons. The average molecular weight is 246 g/mol. The van der Waals surface area contributed by atoms with Crippen LogP contribution in [0.2, 0.25) is 0 Å². The summed E-state index contributed by atoms with van der Waals surface area (Å²) in [6.07, 6.45) is 0.454. The molecule has 1 fully saturated rings. The Labute approximate surface area is 99.9 Å². The summed E-state index contributed by atoms with van der Waals surface area (Å²) in [7, 11) is 1.56. The molecule has 1 unspecified atom stereocenters. The summed E-state index contributed by atoms with van der Waals surface area (Å²) in [6, 6.07) is 0. The van der Waals surface area contributed by atoms with E-state index in [9.17, 15) is 9.59 Å². The molecule has 16 heavy (non-hydrogen) atoms. The summed E-state index contributed by atoms with van der Waals surface area (Å²) in [5.74, 6) is 0.794. The van der Waals surface area contributed by atoms with Gasteiger partial charge in [-0.25, -0.2) is 0 Å². The standard InChI is InChI=1S/C10H18N2O3S/c1-3-16-8-4-10(14)12(7-15-6-8)5-9(13)11-2/h8H,3-7H2,1-2H3,(H,11,13). The maximum atomic E-state index is 11.8. The molecule has 0 aliphatic carbocycles. The molecular formula is C10H18N2O3S.